The van der Waals surface area contributed by atoms with E-state index in [1.807, 2.05) is 48.2 Å². The van der Waals surface area contributed by atoms with Gasteiger partial charge >= 0.3 is 0 Å². The van der Waals surface area contributed by atoms with Gasteiger partial charge in [0, 0.05) is 48.9 Å². The maximum absolute atomic E-state index is 13.0. The van der Waals surface area contributed by atoms with Crippen LogP contribution in [0, 0.1) is 6.92 Å². The van der Waals surface area contributed by atoms with Gasteiger partial charge in [-0.3, -0.25) is 4.79 Å². The Morgan fingerprint density at radius 3 is 2.50 bits per heavy atom. The highest BCUT2D eigenvalue weighted by Crippen LogP contribution is 2.39. The second-order valence-corrected chi connectivity index (χ2v) is 8.36. The number of amides is 1. The molecule has 1 aliphatic carbocycles. The summed E-state index contributed by atoms with van der Waals surface area (Å²) in [5.41, 5.74) is 3.69. The highest BCUT2D eigenvalue weighted by Gasteiger charge is 2.30. The van der Waals surface area contributed by atoms with E-state index in [1.165, 1.54) is 0 Å². The van der Waals surface area contributed by atoms with E-state index < -0.39 is 0 Å². The van der Waals surface area contributed by atoms with Gasteiger partial charge in [0.1, 0.15) is 0 Å². The summed E-state index contributed by atoms with van der Waals surface area (Å²) in [5.74, 6) is 1.72. The summed E-state index contributed by atoms with van der Waals surface area (Å²) in [4.78, 5) is 30.3. The van der Waals surface area contributed by atoms with Crippen molar-refractivity contribution in [3.8, 4) is 11.4 Å². The Bertz CT molecular complexity index is 1280. The lowest BCUT2D eigenvalue weighted by Gasteiger charge is -2.33. The zero-order valence-corrected chi connectivity index (χ0v) is 17.7. The number of aromatic nitrogens is 4. The van der Waals surface area contributed by atoms with Crippen LogP contribution >= 0.6 is 0 Å². The minimum atomic E-state index is 0.0119. The highest BCUT2D eigenvalue weighted by molar-refractivity contribution is 5.94. The predicted molar refractivity (Wildman–Crippen MR) is 116 cm³/mol. The minimum Gasteiger partial charge on any atom is -0.422 e. The number of benzene rings is 1. The van der Waals surface area contributed by atoms with Crippen LogP contribution in [-0.4, -0.2) is 57.1 Å². The molecule has 1 aliphatic heterocycles. The molecule has 0 radical (unpaired) electrons. The molecule has 4 heterocycles. The second-order valence-electron chi connectivity index (χ2n) is 8.36. The largest absolute Gasteiger partial charge is 0.422 e. The average molecular weight is 430 g/mol. The molecule has 9 nitrogen and oxygen atoms in total. The molecule has 1 saturated carbocycles. The summed E-state index contributed by atoms with van der Waals surface area (Å²) in [6, 6.07) is 11.7. The molecule has 1 aromatic carbocycles. The number of carbonyl (C=O) groups is 1. The van der Waals surface area contributed by atoms with Crippen molar-refractivity contribution < 1.29 is 13.7 Å². The van der Waals surface area contributed by atoms with Gasteiger partial charge in [-0.25, -0.2) is 4.98 Å². The quantitative estimate of drug-likeness (QED) is 0.485. The van der Waals surface area contributed by atoms with E-state index in [0.29, 0.717) is 66.6 Å². The first kappa shape index (κ1) is 19.0. The van der Waals surface area contributed by atoms with Crippen LogP contribution in [0.25, 0.3) is 22.6 Å². The van der Waals surface area contributed by atoms with Gasteiger partial charge in [0.05, 0.1) is 0 Å². The Balaban J connectivity index is 1.11. The third kappa shape index (κ3) is 3.49. The summed E-state index contributed by atoms with van der Waals surface area (Å²) < 4.78 is 11.2. The second kappa shape index (κ2) is 7.44. The van der Waals surface area contributed by atoms with E-state index in [9.17, 15) is 4.79 Å². The van der Waals surface area contributed by atoms with Crippen LogP contribution in [0.1, 0.15) is 40.7 Å². The van der Waals surface area contributed by atoms with Crippen molar-refractivity contribution >= 4 is 23.2 Å². The number of hydrogen-bond acceptors (Lipinski definition) is 8. The van der Waals surface area contributed by atoms with Gasteiger partial charge in [-0.1, -0.05) is 17.3 Å². The molecule has 1 amide bonds. The molecule has 6 rings (SSSR count). The lowest BCUT2D eigenvalue weighted by molar-refractivity contribution is 0.0745. The van der Waals surface area contributed by atoms with E-state index in [2.05, 4.69) is 25.0 Å². The van der Waals surface area contributed by atoms with Gasteiger partial charge < -0.3 is 18.7 Å². The Morgan fingerprint density at radius 1 is 0.969 bits per heavy atom. The molecule has 0 bridgehead atoms. The summed E-state index contributed by atoms with van der Waals surface area (Å²) in [7, 11) is 0. The van der Waals surface area contributed by atoms with Crippen LogP contribution in [0.15, 0.2) is 45.3 Å². The predicted octanol–water partition coefficient (Wildman–Crippen LogP) is 3.42. The molecule has 0 N–H and O–H groups in total. The number of fused-ring (bicyclic) bond motifs is 1. The molecule has 0 atom stereocenters. The van der Waals surface area contributed by atoms with Crippen molar-refractivity contribution in [2.24, 2.45) is 0 Å². The number of carbonyl (C=O) groups excluding carboxylic acids is 1. The Kier molecular flexibility index (Phi) is 4.41. The summed E-state index contributed by atoms with van der Waals surface area (Å²) in [6.07, 6.45) is 2.23. The number of piperazine rings is 1. The minimum absolute atomic E-state index is 0.0119. The maximum atomic E-state index is 13.0. The van der Waals surface area contributed by atoms with Crippen molar-refractivity contribution in [3.05, 3.63) is 53.5 Å². The molecule has 3 aromatic heterocycles. The fourth-order valence-corrected chi connectivity index (χ4v) is 3.93. The third-order valence-corrected chi connectivity index (χ3v) is 5.98. The number of hydrogen-bond donors (Lipinski definition) is 0. The maximum Gasteiger partial charge on any atom is 0.300 e. The molecule has 32 heavy (non-hydrogen) atoms. The molecular formula is C23H22N6O3. The number of pyridine rings is 1. The lowest BCUT2D eigenvalue weighted by Crippen LogP contribution is -2.48. The summed E-state index contributed by atoms with van der Waals surface area (Å²) in [6.45, 7) is 4.44. The first-order valence-corrected chi connectivity index (χ1v) is 10.9. The van der Waals surface area contributed by atoms with E-state index in [1.54, 1.807) is 0 Å². The van der Waals surface area contributed by atoms with Gasteiger partial charge in [0.15, 0.2) is 5.58 Å². The topological polar surface area (TPSA) is 101 Å². The van der Waals surface area contributed by atoms with Crippen LogP contribution in [0.4, 0.5) is 6.01 Å². The Morgan fingerprint density at radius 2 is 1.75 bits per heavy atom. The van der Waals surface area contributed by atoms with Crippen molar-refractivity contribution in [1.82, 2.24) is 25.0 Å². The van der Waals surface area contributed by atoms with Crippen molar-refractivity contribution in [1.29, 1.82) is 0 Å². The van der Waals surface area contributed by atoms with Crippen LogP contribution in [0.5, 0.6) is 0 Å². The summed E-state index contributed by atoms with van der Waals surface area (Å²) in [5, 5.41) is 4.06. The van der Waals surface area contributed by atoms with E-state index in [0.717, 1.165) is 24.1 Å². The molecule has 1 saturated heterocycles. The Labute approximate surface area is 184 Å². The first-order valence-electron chi connectivity index (χ1n) is 10.9. The normalized spacial score (nSPS) is 16.7. The Hall–Kier alpha value is -3.75. The first-order chi connectivity index (χ1) is 15.6. The van der Waals surface area contributed by atoms with Crippen LogP contribution in [0.3, 0.4) is 0 Å². The van der Waals surface area contributed by atoms with Crippen LogP contribution in [0.2, 0.25) is 0 Å². The fraction of sp³-hybridized carbons (Fsp3) is 0.348. The van der Waals surface area contributed by atoms with Crippen LogP contribution < -0.4 is 4.90 Å². The number of aryl methyl sites for hydroxylation is 1. The van der Waals surface area contributed by atoms with E-state index >= 15 is 0 Å². The van der Waals surface area contributed by atoms with E-state index in [-0.39, 0.29) is 5.91 Å². The number of nitrogens with zero attached hydrogens (tertiary/aromatic N) is 6. The average Bonchev–Trinajstić information content (AvgIpc) is 3.40. The zero-order valence-electron chi connectivity index (χ0n) is 17.7. The van der Waals surface area contributed by atoms with Crippen molar-refractivity contribution in [2.75, 3.05) is 31.1 Å². The van der Waals surface area contributed by atoms with Crippen molar-refractivity contribution in [3.63, 3.8) is 0 Å². The zero-order chi connectivity index (χ0) is 21.7. The lowest BCUT2D eigenvalue weighted by atomic mass is 10.1. The smallest absolute Gasteiger partial charge is 0.300 e. The van der Waals surface area contributed by atoms with Crippen molar-refractivity contribution in [2.45, 2.75) is 25.7 Å². The van der Waals surface area contributed by atoms with Gasteiger partial charge in [0.25, 0.3) is 11.9 Å². The monoisotopic (exact) mass is 430 g/mol. The SMILES string of the molecule is Cc1ccc2oc(N3CCN(C(=O)c4ccc(-c5noc(C6CC6)n5)cc4)CC3)nc2n1. The molecule has 9 heteroatoms. The number of oxazole rings is 1. The fourth-order valence-electron chi connectivity index (χ4n) is 3.93. The standard InChI is InChI=1S/C23H22N6O3/c1-14-2-9-18-20(24-14)26-23(31-18)29-12-10-28(11-13-29)22(30)17-7-3-15(4-8-17)19-25-21(32-27-19)16-5-6-16/h2-4,7-9,16H,5-6,10-13H2,1H3. The number of rotatable bonds is 4. The highest BCUT2D eigenvalue weighted by atomic mass is 16.5. The van der Waals surface area contributed by atoms with Gasteiger partial charge in [-0.15, -0.1) is 0 Å². The molecule has 4 aromatic rings. The third-order valence-electron chi connectivity index (χ3n) is 5.98. The van der Waals surface area contributed by atoms with Crippen LogP contribution in [-0.2, 0) is 0 Å². The molecule has 2 aliphatic rings. The molecule has 2 fully saturated rings. The molecule has 0 unspecified atom stereocenters. The molecular weight excluding hydrogens is 408 g/mol. The van der Waals surface area contributed by atoms with E-state index in [4.69, 9.17) is 8.94 Å². The van der Waals surface area contributed by atoms with Gasteiger partial charge in [-0.05, 0) is 44.0 Å². The number of anilines is 1. The summed E-state index contributed by atoms with van der Waals surface area (Å²) >= 11 is 0. The van der Waals surface area contributed by atoms with Gasteiger partial charge in [-0.2, -0.15) is 9.97 Å². The van der Waals surface area contributed by atoms with Gasteiger partial charge in [0.2, 0.25) is 17.4 Å². The molecule has 0 spiro atoms. The molecule has 162 valence electrons.